The molecule has 0 saturated heterocycles. The molecule has 1 aromatic heterocycles. The molecule has 2 aromatic rings. The van der Waals surface area contributed by atoms with Crippen molar-refractivity contribution < 1.29 is 5.73 Å². The molecule has 0 bridgehead atoms. The third kappa shape index (κ3) is 0.924. The molecule has 0 amide bonds. The van der Waals surface area contributed by atoms with Gasteiger partial charge >= 0.3 is 0 Å². The van der Waals surface area contributed by atoms with Gasteiger partial charge in [0.15, 0.2) is 0 Å². The third-order valence-corrected chi connectivity index (χ3v) is 2.25. The molecule has 0 atom stereocenters. The molecule has 1 heterocycles. The molecule has 0 radical (unpaired) electrons. The number of aromatic nitrogens is 1. The fraction of sp³-hybridized carbons (Fsp3) is 0.200. The van der Waals surface area contributed by atoms with Crippen LogP contribution in [0.1, 0.15) is 5.56 Å². The molecule has 0 spiro atoms. The molecule has 0 aliphatic rings. The lowest BCUT2D eigenvalue weighted by molar-refractivity contribution is -0.386. The van der Waals surface area contributed by atoms with E-state index >= 15 is 0 Å². The zero-order valence-electron chi connectivity index (χ0n) is 7.25. The van der Waals surface area contributed by atoms with Gasteiger partial charge in [0.25, 0.3) is 0 Å². The van der Waals surface area contributed by atoms with Crippen molar-refractivity contribution in [2.75, 3.05) is 0 Å². The molecular formula is C10H13N2+. The largest absolute Gasteiger partial charge is 0.354 e. The standard InChI is InChI=1S/C10H12N2/c1-12-7-8(6-11)9-4-2-3-5-10(9)12/h2-5,7H,6,11H2,1H3/p+1. The molecule has 3 N–H and O–H groups in total. The van der Waals surface area contributed by atoms with Crippen LogP contribution in [0, 0.1) is 0 Å². The fourth-order valence-corrected chi connectivity index (χ4v) is 1.62. The smallest absolute Gasteiger partial charge is 0.102 e. The summed E-state index contributed by atoms with van der Waals surface area (Å²) < 4.78 is 2.15. The number of nitrogens with zero attached hydrogens (tertiary/aromatic N) is 1. The number of hydrogen-bond donors (Lipinski definition) is 1. The minimum absolute atomic E-state index is 0.862. The molecule has 1 aromatic carbocycles. The maximum atomic E-state index is 3.91. The predicted molar refractivity (Wildman–Crippen MR) is 49.5 cm³/mol. The van der Waals surface area contributed by atoms with Crippen molar-refractivity contribution in [3.63, 3.8) is 0 Å². The Hall–Kier alpha value is -1.28. The Labute approximate surface area is 71.6 Å². The average molecular weight is 161 g/mol. The maximum absolute atomic E-state index is 3.91. The predicted octanol–water partition coefficient (Wildman–Crippen LogP) is 0.920. The van der Waals surface area contributed by atoms with Crippen molar-refractivity contribution in [1.29, 1.82) is 0 Å². The zero-order valence-corrected chi connectivity index (χ0v) is 7.25. The van der Waals surface area contributed by atoms with Crippen molar-refractivity contribution >= 4 is 10.9 Å². The molecule has 2 rings (SSSR count). The Morgan fingerprint density at radius 3 is 2.83 bits per heavy atom. The lowest BCUT2D eigenvalue weighted by atomic mass is 10.2. The van der Waals surface area contributed by atoms with E-state index in [1.54, 1.807) is 0 Å². The zero-order chi connectivity index (χ0) is 8.55. The first-order chi connectivity index (χ1) is 5.83. The van der Waals surface area contributed by atoms with Gasteiger partial charge in [-0.05, 0) is 6.07 Å². The molecule has 0 aliphatic heterocycles. The van der Waals surface area contributed by atoms with Crippen LogP contribution in [0.25, 0.3) is 10.9 Å². The van der Waals surface area contributed by atoms with Crippen molar-refractivity contribution in [3.05, 3.63) is 36.0 Å². The van der Waals surface area contributed by atoms with Gasteiger partial charge in [0.05, 0.1) is 0 Å². The van der Waals surface area contributed by atoms with Gasteiger partial charge in [-0.25, -0.2) is 0 Å². The molecule has 12 heavy (non-hydrogen) atoms. The van der Waals surface area contributed by atoms with Crippen LogP contribution in [-0.2, 0) is 13.6 Å². The van der Waals surface area contributed by atoms with Gasteiger partial charge in [0, 0.05) is 29.7 Å². The topological polar surface area (TPSA) is 32.6 Å². The van der Waals surface area contributed by atoms with E-state index in [0.717, 1.165) is 6.54 Å². The third-order valence-electron chi connectivity index (χ3n) is 2.25. The second kappa shape index (κ2) is 2.64. The number of hydrogen-bond acceptors (Lipinski definition) is 0. The van der Waals surface area contributed by atoms with E-state index in [4.69, 9.17) is 0 Å². The van der Waals surface area contributed by atoms with Crippen LogP contribution in [0.4, 0.5) is 0 Å². The highest BCUT2D eigenvalue weighted by atomic mass is 14.9. The highest BCUT2D eigenvalue weighted by molar-refractivity contribution is 5.83. The molecule has 2 heteroatoms. The highest BCUT2D eigenvalue weighted by Crippen LogP contribution is 2.18. The Bertz CT molecular complexity index is 401. The normalized spacial score (nSPS) is 10.8. The monoisotopic (exact) mass is 161 g/mol. The maximum Gasteiger partial charge on any atom is 0.102 e. The minimum atomic E-state index is 0.862. The summed E-state index contributed by atoms with van der Waals surface area (Å²) in [5, 5.41) is 1.33. The quantitative estimate of drug-likeness (QED) is 0.645. The van der Waals surface area contributed by atoms with Gasteiger partial charge in [-0.15, -0.1) is 0 Å². The molecular weight excluding hydrogens is 148 g/mol. The second-order valence-corrected chi connectivity index (χ2v) is 3.03. The highest BCUT2D eigenvalue weighted by Gasteiger charge is 2.03. The lowest BCUT2D eigenvalue weighted by Gasteiger charge is -1.92. The van der Waals surface area contributed by atoms with E-state index in [0.29, 0.717) is 0 Å². The van der Waals surface area contributed by atoms with Crippen LogP contribution in [0.2, 0.25) is 0 Å². The molecule has 2 nitrogen and oxygen atoms in total. The Morgan fingerprint density at radius 2 is 2.08 bits per heavy atom. The summed E-state index contributed by atoms with van der Waals surface area (Å²) in [6.45, 7) is 0.862. The van der Waals surface area contributed by atoms with E-state index in [9.17, 15) is 0 Å². The first-order valence-corrected chi connectivity index (χ1v) is 4.15. The van der Waals surface area contributed by atoms with Gasteiger partial charge in [-0.1, -0.05) is 18.2 Å². The first-order valence-electron chi connectivity index (χ1n) is 4.15. The lowest BCUT2D eigenvalue weighted by Crippen LogP contribution is -2.47. The summed E-state index contributed by atoms with van der Waals surface area (Å²) in [4.78, 5) is 0. The molecule has 0 unspecified atom stereocenters. The van der Waals surface area contributed by atoms with Gasteiger partial charge < -0.3 is 10.3 Å². The molecule has 0 aliphatic carbocycles. The van der Waals surface area contributed by atoms with Crippen molar-refractivity contribution in [3.8, 4) is 0 Å². The van der Waals surface area contributed by atoms with Crippen LogP contribution in [-0.4, -0.2) is 4.57 Å². The average Bonchev–Trinajstić information content (AvgIpc) is 2.44. The fourth-order valence-electron chi connectivity index (χ4n) is 1.62. The summed E-state index contributed by atoms with van der Waals surface area (Å²) in [6, 6.07) is 8.42. The first kappa shape index (κ1) is 7.37. The Kier molecular flexibility index (Phi) is 1.62. The van der Waals surface area contributed by atoms with Gasteiger partial charge in [-0.3, -0.25) is 0 Å². The number of fused-ring (bicyclic) bond motifs is 1. The second-order valence-electron chi connectivity index (χ2n) is 3.03. The van der Waals surface area contributed by atoms with Crippen LogP contribution >= 0.6 is 0 Å². The van der Waals surface area contributed by atoms with E-state index < -0.39 is 0 Å². The van der Waals surface area contributed by atoms with E-state index in [1.807, 2.05) is 0 Å². The summed E-state index contributed by atoms with van der Waals surface area (Å²) in [5.74, 6) is 0. The van der Waals surface area contributed by atoms with Crippen LogP contribution in [0.3, 0.4) is 0 Å². The summed E-state index contributed by atoms with van der Waals surface area (Å²) >= 11 is 0. The van der Waals surface area contributed by atoms with Gasteiger partial charge in [0.1, 0.15) is 6.54 Å². The number of aryl methyl sites for hydroxylation is 1. The Balaban J connectivity index is 2.82. The van der Waals surface area contributed by atoms with Crippen molar-refractivity contribution in [1.82, 2.24) is 4.57 Å². The van der Waals surface area contributed by atoms with Crippen molar-refractivity contribution in [2.24, 2.45) is 7.05 Å². The molecule has 0 fully saturated rings. The van der Waals surface area contributed by atoms with Gasteiger partial charge in [-0.2, -0.15) is 0 Å². The van der Waals surface area contributed by atoms with Crippen molar-refractivity contribution in [2.45, 2.75) is 6.54 Å². The minimum Gasteiger partial charge on any atom is -0.354 e. The SMILES string of the molecule is Cn1cc(C[NH3+])c2ccccc21. The van der Waals surface area contributed by atoms with E-state index in [1.165, 1.54) is 16.5 Å². The summed E-state index contributed by atoms with van der Waals surface area (Å²) in [7, 11) is 2.07. The van der Waals surface area contributed by atoms with E-state index in [2.05, 4.69) is 47.8 Å². The van der Waals surface area contributed by atoms with Crippen LogP contribution in [0.15, 0.2) is 30.5 Å². The van der Waals surface area contributed by atoms with Crippen LogP contribution < -0.4 is 5.73 Å². The van der Waals surface area contributed by atoms with Crippen LogP contribution in [0.5, 0.6) is 0 Å². The number of rotatable bonds is 1. The number of benzene rings is 1. The molecule has 0 saturated carbocycles. The number of quaternary nitrogens is 1. The van der Waals surface area contributed by atoms with Gasteiger partial charge in [0.2, 0.25) is 0 Å². The molecule has 62 valence electrons. The summed E-state index contributed by atoms with van der Waals surface area (Å²) in [6.07, 6.45) is 2.15. The summed E-state index contributed by atoms with van der Waals surface area (Å²) in [5.41, 5.74) is 6.52. The number of para-hydroxylation sites is 1. The Morgan fingerprint density at radius 1 is 1.33 bits per heavy atom. The van der Waals surface area contributed by atoms with E-state index in [-0.39, 0.29) is 0 Å².